The molecular weight excluding hydrogens is 220 g/mol. The standard InChI is InChI=1S/C9H16N2O3.ClH/c1-14-9(13)8-2-7(12)5-11(8)6-3-10-4-6;/h6-8,10,12H,2-5H2,1H3;1H/t7-,8-;/m0./s1. The third-order valence-corrected chi connectivity index (χ3v) is 3.02. The van der Waals surface area contributed by atoms with Gasteiger partial charge in [0.15, 0.2) is 0 Å². The molecule has 5 nitrogen and oxygen atoms in total. The molecule has 2 aliphatic rings. The number of aliphatic hydroxyl groups excluding tert-OH is 1. The Kier molecular flexibility index (Phi) is 4.33. The molecule has 15 heavy (non-hydrogen) atoms. The first-order valence-corrected chi connectivity index (χ1v) is 4.94. The van der Waals surface area contributed by atoms with Crippen LogP contribution in [0.4, 0.5) is 0 Å². The largest absolute Gasteiger partial charge is 0.468 e. The first-order chi connectivity index (χ1) is 6.72. The molecule has 2 fully saturated rings. The third-order valence-electron chi connectivity index (χ3n) is 3.02. The molecule has 0 aromatic heterocycles. The molecule has 0 bridgehead atoms. The fourth-order valence-corrected chi connectivity index (χ4v) is 2.12. The lowest BCUT2D eigenvalue weighted by Crippen LogP contribution is -2.59. The highest BCUT2D eigenvalue weighted by Crippen LogP contribution is 2.23. The molecule has 0 amide bonds. The van der Waals surface area contributed by atoms with E-state index >= 15 is 0 Å². The Balaban J connectivity index is 0.00000112. The van der Waals surface area contributed by atoms with Crippen molar-refractivity contribution in [2.45, 2.75) is 24.6 Å². The molecule has 6 heteroatoms. The summed E-state index contributed by atoms with van der Waals surface area (Å²) in [5, 5.41) is 12.7. The van der Waals surface area contributed by atoms with Gasteiger partial charge in [0.25, 0.3) is 0 Å². The smallest absolute Gasteiger partial charge is 0.323 e. The summed E-state index contributed by atoms with van der Waals surface area (Å²) in [5.41, 5.74) is 0. The predicted molar refractivity (Wildman–Crippen MR) is 57.0 cm³/mol. The summed E-state index contributed by atoms with van der Waals surface area (Å²) >= 11 is 0. The number of hydrogen-bond acceptors (Lipinski definition) is 5. The number of ether oxygens (including phenoxy) is 1. The van der Waals surface area contributed by atoms with E-state index in [-0.39, 0.29) is 30.5 Å². The van der Waals surface area contributed by atoms with E-state index in [1.165, 1.54) is 7.11 Å². The molecule has 2 heterocycles. The number of carbonyl (C=O) groups is 1. The molecule has 0 unspecified atom stereocenters. The van der Waals surface area contributed by atoms with Gasteiger partial charge in [0.1, 0.15) is 6.04 Å². The van der Waals surface area contributed by atoms with Crippen LogP contribution in [0.15, 0.2) is 0 Å². The van der Waals surface area contributed by atoms with Crippen LogP contribution in [0.3, 0.4) is 0 Å². The number of aliphatic hydroxyl groups is 1. The van der Waals surface area contributed by atoms with E-state index in [9.17, 15) is 9.90 Å². The number of rotatable bonds is 2. The fourth-order valence-electron chi connectivity index (χ4n) is 2.12. The summed E-state index contributed by atoms with van der Waals surface area (Å²) < 4.78 is 4.72. The Morgan fingerprint density at radius 1 is 1.53 bits per heavy atom. The second kappa shape index (κ2) is 5.12. The van der Waals surface area contributed by atoms with Crippen LogP contribution in [0, 0.1) is 0 Å². The van der Waals surface area contributed by atoms with Gasteiger partial charge in [-0.3, -0.25) is 9.69 Å². The number of likely N-dealkylation sites (tertiary alicyclic amines) is 1. The number of nitrogens with one attached hydrogen (secondary N) is 1. The molecule has 0 aliphatic carbocycles. The second-order valence-electron chi connectivity index (χ2n) is 3.94. The lowest BCUT2D eigenvalue weighted by atomic mass is 10.1. The Labute approximate surface area is 95.2 Å². The molecule has 0 aromatic rings. The number of hydrogen-bond donors (Lipinski definition) is 2. The van der Waals surface area contributed by atoms with Gasteiger partial charge in [-0.15, -0.1) is 12.4 Å². The molecule has 2 rings (SSSR count). The predicted octanol–water partition coefficient (Wildman–Crippen LogP) is -1.01. The molecule has 2 N–H and O–H groups in total. The molecule has 88 valence electrons. The van der Waals surface area contributed by atoms with Crippen LogP contribution in [0.25, 0.3) is 0 Å². The van der Waals surface area contributed by atoms with Crippen LogP contribution in [0.1, 0.15) is 6.42 Å². The van der Waals surface area contributed by atoms with Crippen molar-refractivity contribution < 1.29 is 14.6 Å². The normalized spacial score (nSPS) is 31.9. The average Bonchev–Trinajstić information content (AvgIpc) is 2.43. The van der Waals surface area contributed by atoms with Crippen molar-refractivity contribution in [3.63, 3.8) is 0 Å². The Hall–Kier alpha value is -0.360. The van der Waals surface area contributed by atoms with Crippen LogP contribution in [-0.4, -0.2) is 60.9 Å². The van der Waals surface area contributed by atoms with Crippen molar-refractivity contribution in [2.75, 3.05) is 26.7 Å². The quantitative estimate of drug-likeness (QED) is 0.602. The molecule has 0 radical (unpaired) electrons. The van der Waals surface area contributed by atoms with Crippen molar-refractivity contribution in [3.05, 3.63) is 0 Å². The number of halogens is 1. The van der Waals surface area contributed by atoms with Gasteiger partial charge in [-0.1, -0.05) is 0 Å². The maximum Gasteiger partial charge on any atom is 0.323 e. The number of methoxy groups -OCH3 is 1. The van der Waals surface area contributed by atoms with Gasteiger partial charge < -0.3 is 15.2 Å². The highest BCUT2D eigenvalue weighted by atomic mass is 35.5. The zero-order chi connectivity index (χ0) is 10.1. The minimum Gasteiger partial charge on any atom is -0.468 e. The molecule has 2 aliphatic heterocycles. The number of nitrogens with zero attached hydrogens (tertiary/aromatic N) is 1. The topological polar surface area (TPSA) is 61.8 Å². The van der Waals surface area contributed by atoms with E-state index in [0.717, 1.165) is 13.1 Å². The Morgan fingerprint density at radius 3 is 2.67 bits per heavy atom. The molecule has 2 atom stereocenters. The van der Waals surface area contributed by atoms with E-state index in [0.29, 0.717) is 19.0 Å². The van der Waals surface area contributed by atoms with Crippen molar-refractivity contribution in [1.29, 1.82) is 0 Å². The minimum absolute atomic E-state index is 0. The van der Waals surface area contributed by atoms with Crippen LogP contribution in [0.2, 0.25) is 0 Å². The van der Waals surface area contributed by atoms with Gasteiger partial charge in [0.2, 0.25) is 0 Å². The summed E-state index contributed by atoms with van der Waals surface area (Å²) in [4.78, 5) is 13.5. The maximum absolute atomic E-state index is 11.4. The monoisotopic (exact) mass is 236 g/mol. The molecule has 2 saturated heterocycles. The van der Waals surface area contributed by atoms with Gasteiger partial charge in [-0.05, 0) is 0 Å². The first kappa shape index (κ1) is 12.7. The number of carbonyl (C=O) groups excluding carboxylic acids is 1. The molecule has 0 saturated carbocycles. The van der Waals surface area contributed by atoms with E-state index in [2.05, 4.69) is 5.32 Å². The number of esters is 1. The van der Waals surface area contributed by atoms with Crippen LogP contribution < -0.4 is 5.32 Å². The molecule has 0 aromatic carbocycles. The summed E-state index contributed by atoms with van der Waals surface area (Å²) in [6.45, 7) is 2.40. The highest BCUT2D eigenvalue weighted by Gasteiger charge is 2.41. The summed E-state index contributed by atoms with van der Waals surface area (Å²) in [5.74, 6) is -0.228. The lowest BCUT2D eigenvalue weighted by Gasteiger charge is -2.38. The van der Waals surface area contributed by atoms with Crippen molar-refractivity contribution in [2.24, 2.45) is 0 Å². The molecule has 0 spiro atoms. The Bertz CT molecular complexity index is 235. The summed E-state index contributed by atoms with van der Waals surface area (Å²) in [7, 11) is 1.39. The fraction of sp³-hybridized carbons (Fsp3) is 0.889. The maximum atomic E-state index is 11.4. The summed E-state index contributed by atoms with van der Waals surface area (Å²) in [6.07, 6.45) is 0.114. The average molecular weight is 237 g/mol. The third kappa shape index (κ3) is 2.42. The zero-order valence-electron chi connectivity index (χ0n) is 8.68. The first-order valence-electron chi connectivity index (χ1n) is 4.94. The minimum atomic E-state index is -0.389. The summed E-state index contributed by atoms with van der Waals surface area (Å²) in [6, 6.07) is 0.137. The van der Waals surface area contributed by atoms with Gasteiger partial charge in [-0.2, -0.15) is 0 Å². The zero-order valence-corrected chi connectivity index (χ0v) is 9.50. The van der Waals surface area contributed by atoms with Gasteiger partial charge in [0.05, 0.1) is 13.2 Å². The van der Waals surface area contributed by atoms with Crippen molar-refractivity contribution >= 4 is 18.4 Å². The van der Waals surface area contributed by atoms with Gasteiger partial charge in [0, 0.05) is 32.1 Å². The Morgan fingerprint density at radius 2 is 2.20 bits per heavy atom. The van der Waals surface area contributed by atoms with Crippen LogP contribution >= 0.6 is 12.4 Å². The second-order valence-corrected chi connectivity index (χ2v) is 3.94. The SMILES string of the molecule is COC(=O)[C@@H]1C[C@H](O)CN1C1CNC1.Cl. The molecular formula is C9H17ClN2O3. The van der Waals surface area contributed by atoms with E-state index < -0.39 is 0 Å². The van der Waals surface area contributed by atoms with E-state index in [1.807, 2.05) is 4.90 Å². The van der Waals surface area contributed by atoms with Gasteiger partial charge in [-0.25, -0.2) is 0 Å². The van der Waals surface area contributed by atoms with Crippen molar-refractivity contribution in [3.8, 4) is 0 Å². The highest BCUT2D eigenvalue weighted by molar-refractivity contribution is 5.85. The number of β-amino-alcohol motifs (C(OH)–C–C–N with tert-alkyl or cyclic N) is 1. The van der Waals surface area contributed by atoms with Gasteiger partial charge >= 0.3 is 5.97 Å². The van der Waals surface area contributed by atoms with E-state index in [4.69, 9.17) is 4.74 Å². The van der Waals surface area contributed by atoms with Crippen LogP contribution in [0.5, 0.6) is 0 Å². The van der Waals surface area contributed by atoms with Crippen molar-refractivity contribution in [1.82, 2.24) is 10.2 Å². The van der Waals surface area contributed by atoms with Crippen LogP contribution in [-0.2, 0) is 9.53 Å². The lowest BCUT2D eigenvalue weighted by molar-refractivity contribution is -0.147. The van der Waals surface area contributed by atoms with E-state index in [1.54, 1.807) is 0 Å².